The molecule has 21 heavy (non-hydrogen) atoms. The second-order valence-corrected chi connectivity index (χ2v) is 5.75. The van der Waals surface area contributed by atoms with Gasteiger partial charge in [0.1, 0.15) is 0 Å². The number of hydrogen-bond acceptors (Lipinski definition) is 4. The lowest BCUT2D eigenvalue weighted by atomic mass is 10.1. The predicted molar refractivity (Wildman–Crippen MR) is 77.2 cm³/mol. The van der Waals surface area contributed by atoms with Crippen LogP contribution in [-0.4, -0.2) is 30.5 Å². The maximum Gasteiger partial charge on any atom is 0.231 e. The Bertz CT molecular complexity index is 517. The van der Waals surface area contributed by atoms with E-state index in [0.717, 1.165) is 36.3 Å². The summed E-state index contributed by atoms with van der Waals surface area (Å²) in [6, 6.07) is 5.77. The summed E-state index contributed by atoms with van der Waals surface area (Å²) in [4.78, 5) is 11.9. The Morgan fingerprint density at radius 3 is 2.95 bits per heavy atom. The van der Waals surface area contributed by atoms with Gasteiger partial charge in [0.05, 0.1) is 6.10 Å². The zero-order valence-electron chi connectivity index (χ0n) is 12.0. The molecule has 2 atom stereocenters. The molecule has 0 radical (unpaired) electrons. The molecule has 114 valence electrons. The van der Waals surface area contributed by atoms with Crippen LogP contribution in [0.4, 0.5) is 0 Å². The van der Waals surface area contributed by atoms with Crippen molar-refractivity contribution < 1.29 is 19.4 Å². The molecule has 2 aliphatic rings. The topological polar surface area (TPSA) is 67.8 Å². The van der Waals surface area contributed by atoms with Gasteiger partial charge in [0.25, 0.3) is 0 Å². The van der Waals surface area contributed by atoms with Crippen LogP contribution >= 0.6 is 0 Å². The quantitative estimate of drug-likeness (QED) is 0.865. The SMILES string of the molecule is O=C(CCc1ccc2c(c1)OCO2)NCC1CCCC1O. The maximum absolute atomic E-state index is 11.9. The van der Waals surface area contributed by atoms with E-state index in [-0.39, 0.29) is 24.7 Å². The van der Waals surface area contributed by atoms with E-state index in [1.165, 1.54) is 0 Å². The average Bonchev–Trinajstić information content (AvgIpc) is 3.11. The minimum absolute atomic E-state index is 0.0340. The monoisotopic (exact) mass is 291 g/mol. The summed E-state index contributed by atoms with van der Waals surface area (Å²) in [5.74, 6) is 1.77. The Kier molecular flexibility index (Phi) is 4.29. The molecule has 0 spiro atoms. The number of nitrogens with one attached hydrogen (secondary N) is 1. The molecule has 5 heteroatoms. The van der Waals surface area contributed by atoms with Crippen molar-refractivity contribution in [1.29, 1.82) is 0 Å². The molecule has 1 amide bonds. The van der Waals surface area contributed by atoms with Gasteiger partial charge in [0.2, 0.25) is 12.7 Å². The molecule has 1 aliphatic carbocycles. The third-order valence-electron chi connectivity index (χ3n) is 4.26. The first-order valence-electron chi connectivity index (χ1n) is 7.55. The second-order valence-electron chi connectivity index (χ2n) is 5.75. The van der Waals surface area contributed by atoms with Gasteiger partial charge in [-0.1, -0.05) is 12.5 Å². The van der Waals surface area contributed by atoms with E-state index in [9.17, 15) is 9.90 Å². The molecule has 3 rings (SSSR count). The molecule has 0 aromatic heterocycles. The number of rotatable bonds is 5. The highest BCUT2D eigenvalue weighted by molar-refractivity contribution is 5.76. The number of hydrogen-bond donors (Lipinski definition) is 2. The number of amides is 1. The fraction of sp³-hybridized carbons (Fsp3) is 0.562. The Balaban J connectivity index is 1.43. The van der Waals surface area contributed by atoms with E-state index >= 15 is 0 Å². The zero-order chi connectivity index (χ0) is 14.7. The van der Waals surface area contributed by atoms with Crippen LogP contribution in [0, 0.1) is 5.92 Å². The fourth-order valence-corrected chi connectivity index (χ4v) is 2.94. The molecule has 1 heterocycles. The van der Waals surface area contributed by atoms with Crippen molar-refractivity contribution in [1.82, 2.24) is 5.32 Å². The van der Waals surface area contributed by atoms with Crippen LogP contribution in [0.5, 0.6) is 11.5 Å². The van der Waals surface area contributed by atoms with Crippen LogP contribution in [-0.2, 0) is 11.2 Å². The van der Waals surface area contributed by atoms with Crippen molar-refractivity contribution in [2.75, 3.05) is 13.3 Å². The van der Waals surface area contributed by atoms with E-state index in [4.69, 9.17) is 9.47 Å². The van der Waals surface area contributed by atoms with Crippen molar-refractivity contribution in [2.45, 2.75) is 38.2 Å². The first-order chi connectivity index (χ1) is 10.2. The van der Waals surface area contributed by atoms with E-state index in [1.807, 2.05) is 18.2 Å². The van der Waals surface area contributed by atoms with Crippen LogP contribution in [0.3, 0.4) is 0 Å². The van der Waals surface area contributed by atoms with Gasteiger partial charge < -0.3 is 19.9 Å². The third-order valence-corrected chi connectivity index (χ3v) is 4.26. The Hall–Kier alpha value is -1.75. The third kappa shape index (κ3) is 3.47. The molecular weight excluding hydrogens is 270 g/mol. The molecule has 1 saturated carbocycles. The summed E-state index contributed by atoms with van der Waals surface area (Å²) < 4.78 is 10.6. The van der Waals surface area contributed by atoms with E-state index in [0.29, 0.717) is 19.4 Å². The van der Waals surface area contributed by atoms with Crippen molar-refractivity contribution in [2.24, 2.45) is 5.92 Å². The smallest absolute Gasteiger partial charge is 0.231 e. The second kappa shape index (κ2) is 6.35. The number of aryl methyl sites for hydroxylation is 1. The first kappa shape index (κ1) is 14.2. The van der Waals surface area contributed by atoms with Gasteiger partial charge in [-0.2, -0.15) is 0 Å². The molecule has 5 nitrogen and oxygen atoms in total. The van der Waals surface area contributed by atoms with Gasteiger partial charge in [0.15, 0.2) is 11.5 Å². The summed E-state index contributed by atoms with van der Waals surface area (Å²) in [5.41, 5.74) is 1.07. The van der Waals surface area contributed by atoms with Crippen LogP contribution in [0.25, 0.3) is 0 Å². The summed E-state index contributed by atoms with van der Waals surface area (Å²) in [6.45, 7) is 0.851. The number of benzene rings is 1. The molecule has 0 bridgehead atoms. The van der Waals surface area contributed by atoms with Gasteiger partial charge in [-0.25, -0.2) is 0 Å². The highest BCUT2D eigenvalue weighted by Crippen LogP contribution is 2.32. The molecule has 1 aliphatic heterocycles. The largest absolute Gasteiger partial charge is 0.454 e. The highest BCUT2D eigenvalue weighted by Gasteiger charge is 2.25. The van der Waals surface area contributed by atoms with Gasteiger partial charge in [-0.3, -0.25) is 4.79 Å². The lowest BCUT2D eigenvalue weighted by molar-refractivity contribution is -0.121. The number of fused-ring (bicyclic) bond motifs is 1. The predicted octanol–water partition coefficient (Wildman–Crippen LogP) is 1.63. The minimum atomic E-state index is -0.251. The zero-order valence-corrected chi connectivity index (χ0v) is 12.0. The lowest BCUT2D eigenvalue weighted by Gasteiger charge is -2.15. The van der Waals surface area contributed by atoms with Crippen molar-refractivity contribution >= 4 is 5.91 Å². The molecule has 1 aromatic carbocycles. The number of carbonyl (C=O) groups excluding carboxylic acids is 1. The van der Waals surface area contributed by atoms with Gasteiger partial charge in [0, 0.05) is 18.9 Å². The van der Waals surface area contributed by atoms with Crippen LogP contribution in [0.15, 0.2) is 18.2 Å². The highest BCUT2D eigenvalue weighted by atomic mass is 16.7. The summed E-state index contributed by atoms with van der Waals surface area (Å²) >= 11 is 0. The number of ether oxygens (including phenoxy) is 2. The Labute approximate surface area is 124 Å². The van der Waals surface area contributed by atoms with Crippen molar-refractivity contribution in [3.8, 4) is 11.5 Å². The standard InChI is InChI=1S/C16H21NO4/c18-13-3-1-2-12(13)9-17-16(19)7-5-11-4-6-14-15(8-11)21-10-20-14/h4,6,8,12-13,18H,1-3,5,7,9-10H2,(H,17,19). The van der Waals surface area contributed by atoms with Crippen LogP contribution in [0.1, 0.15) is 31.2 Å². The summed E-state index contributed by atoms with van der Waals surface area (Å²) in [6.07, 6.45) is 3.79. The van der Waals surface area contributed by atoms with Gasteiger partial charge in [-0.15, -0.1) is 0 Å². The minimum Gasteiger partial charge on any atom is -0.454 e. The van der Waals surface area contributed by atoms with E-state index < -0.39 is 0 Å². The van der Waals surface area contributed by atoms with Crippen LogP contribution < -0.4 is 14.8 Å². The molecule has 1 fully saturated rings. The molecule has 2 N–H and O–H groups in total. The molecule has 0 saturated heterocycles. The summed E-state index contributed by atoms with van der Waals surface area (Å²) in [5, 5.41) is 12.6. The van der Waals surface area contributed by atoms with Gasteiger partial charge in [-0.05, 0) is 37.0 Å². The van der Waals surface area contributed by atoms with Crippen LogP contribution in [0.2, 0.25) is 0 Å². The Morgan fingerprint density at radius 1 is 1.29 bits per heavy atom. The average molecular weight is 291 g/mol. The van der Waals surface area contributed by atoms with E-state index in [2.05, 4.69) is 5.32 Å². The van der Waals surface area contributed by atoms with Gasteiger partial charge >= 0.3 is 0 Å². The Morgan fingerprint density at radius 2 is 2.14 bits per heavy atom. The number of aliphatic hydroxyl groups excluding tert-OH is 1. The molecule has 1 aromatic rings. The molecular formula is C16H21NO4. The van der Waals surface area contributed by atoms with Crippen molar-refractivity contribution in [3.63, 3.8) is 0 Å². The number of aliphatic hydroxyl groups is 1. The molecule has 2 unspecified atom stereocenters. The number of carbonyl (C=O) groups is 1. The normalized spacial score (nSPS) is 23.3. The van der Waals surface area contributed by atoms with E-state index in [1.54, 1.807) is 0 Å². The summed E-state index contributed by atoms with van der Waals surface area (Å²) in [7, 11) is 0. The maximum atomic E-state index is 11.9. The lowest BCUT2D eigenvalue weighted by Crippen LogP contribution is -2.32. The fourth-order valence-electron chi connectivity index (χ4n) is 2.94. The first-order valence-corrected chi connectivity index (χ1v) is 7.55. The van der Waals surface area contributed by atoms with Crippen molar-refractivity contribution in [3.05, 3.63) is 23.8 Å².